The van der Waals surface area contributed by atoms with Crippen molar-refractivity contribution in [2.75, 3.05) is 6.61 Å². The Balaban J connectivity index is 2.73. The molecule has 2 atom stereocenters. The molecule has 1 rings (SSSR count). The minimum Gasteiger partial charge on any atom is -0.396 e. The lowest BCUT2D eigenvalue weighted by Gasteiger charge is -2.19. The molecule has 0 aromatic heterocycles. The lowest BCUT2D eigenvalue weighted by Crippen LogP contribution is -2.38. The van der Waals surface area contributed by atoms with E-state index in [0.717, 1.165) is 0 Å². The van der Waals surface area contributed by atoms with Gasteiger partial charge in [-0.3, -0.25) is 4.79 Å². The fraction of sp³-hybridized carbons (Fsp3) is 0.462. The van der Waals surface area contributed by atoms with Gasteiger partial charge in [0, 0.05) is 18.2 Å². The molecule has 0 aliphatic heterocycles. The van der Waals surface area contributed by atoms with Gasteiger partial charge in [-0.05, 0) is 43.5 Å². The van der Waals surface area contributed by atoms with Crippen LogP contribution in [0.15, 0.2) is 18.2 Å². The molecule has 0 bridgehead atoms. The van der Waals surface area contributed by atoms with Crippen molar-refractivity contribution in [1.29, 1.82) is 0 Å². The normalized spacial score (nSPS) is 14.2. The number of carbonyl (C=O) groups excluding carboxylic acids is 1. The van der Waals surface area contributed by atoms with Crippen molar-refractivity contribution in [3.63, 3.8) is 0 Å². The molecule has 0 saturated heterocycles. The molecule has 17 heavy (non-hydrogen) atoms. The molecule has 2 N–H and O–H groups in total. The quantitative estimate of drug-likeness (QED) is 0.842. The summed E-state index contributed by atoms with van der Waals surface area (Å²) in [6.07, 6.45) is 0. The number of amides is 1. The molecule has 1 amide bonds. The van der Waals surface area contributed by atoms with Crippen molar-refractivity contribution in [2.45, 2.75) is 26.8 Å². The van der Waals surface area contributed by atoms with Crippen LogP contribution in [0.5, 0.6) is 0 Å². The molecule has 4 heteroatoms. The molecule has 1 aromatic carbocycles. The molecular weight excluding hydrogens is 221 g/mol. The molecule has 0 radical (unpaired) electrons. The van der Waals surface area contributed by atoms with E-state index < -0.39 is 0 Å². The molecule has 0 saturated carbocycles. The summed E-state index contributed by atoms with van der Waals surface area (Å²) in [5.74, 6) is -0.584. The Kier molecular flexibility index (Phi) is 4.63. The van der Waals surface area contributed by atoms with Gasteiger partial charge in [0.15, 0.2) is 0 Å². The van der Waals surface area contributed by atoms with Crippen molar-refractivity contribution in [3.05, 3.63) is 35.1 Å². The van der Waals surface area contributed by atoms with Crippen molar-refractivity contribution in [1.82, 2.24) is 5.32 Å². The number of hydrogen-bond donors (Lipinski definition) is 2. The van der Waals surface area contributed by atoms with Crippen LogP contribution in [0, 0.1) is 18.7 Å². The maximum Gasteiger partial charge on any atom is 0.251 e. The first-order valence-electron chi connectivity index (χ1n) is 5.63. The predicted octanol–water partition coefficient (Wildman–Crippen LogP) is 1.88. The van der Waals surface area contributed by atoms with Gasteiger partial charge in [-0.1, -0.05) is 6.92 Å². The number of aliphatic hydroxyl groups is 1. The summed E-state index contributed by atoms with van der Waals surface area (Å²) in [6, 6.07) is 4.12. The van der Waals surface area contributed by atoms with E-state index in [-0.39, 0.29) is 30.3 Å². The Morgan fingerprint density at radius 2 is 2.12 bits per heavy atom. The van der Waals surface area contributed by atoms with Crippen LogP contribution in [0.3, 0.4) is 0 Å². The average Bonchev–Trinajstić information content (AvgIpc) is 2.31. The number of aryl methyl sites for hydroxylation is 1. The first kappa shape index (κ1) is 13.6. The molecule has 94 valence electrons. The predicted molar refractivity (Wildman–Crippen MR) is 64.3 cm³/mol. The van der Waals surface area contributed by atoms with Crippen LogP contribution in [0.1, 0.15) is 29.8 Å². The lowest BCUT2D eigenvalue weighted by molar-refractivity contribution is 0.0916. The van der Waals surface area contributed by atoms with Crippen LogP contribution >= 0.6 is 0 Å². The highest BCUT2D eigenvalue weighted by atomic mass is 19.1. The van der Waals surface area contributed by atoms with E-state index in [0.29, 0.717) is 11.1 Å². The number of benzene rings is 1. The minimum absolute atomic E-state index is 0.0134. The van der Waals surface area contributed by atoms with Gasteiger partial charge in [-0.25, -0.2) is 4.39 Å². The fourth-order valence-electron chi connectivity index (χ4n) is 1.38. The van der Waals surface area contributed by atoms with E-state index in [9.17, 15) is 9.18 Å². The first-order valence-corrected chi connectivity index (χ1v) is 5.63. The average molecular weight is 239 g/mol. The SMILES string of the molecule is Cc1cc(C(=O)NC(C)C(C)CO)ccc1F. The van der Waals surface area contributed by atoms with Gasteiger partial charge in [0.1, 0.15) is 5.82 Å². The summed E-state index contributed by atoms with van der Waals surface area (Å²) in [4.78, 5) is 11.8. The van der Waals surface area contributed by atoms with Gasteiger partial charge in [0.05, 0.1) is 0 Å². The molecule has 3 nitrogen and oxygen atoms in total. The zero-order valence-corrected chi connectivity index (χ0v) is 10.3. The van der Waals surface area contributed by atoms with Crippen LogP contribution in [-0.4, -0.2) is 23.7 Å². The van der Waals surface area contributed by atoms with Gasteiger partial charge in [0.2, 0.25) is 0 Å². The minimum atomic E-state index is -0.321. The number of hydrogen-bond acceptors (Lipinski definition) is 2. The van der Waals surface area contributed by atoms with E-state index in [2.05, 4.69) is 5.32 Å². The second-order valence-electron chi connectivity index (χ2n) is 4.39. The molecule has 1 aromatic rings. The van der Waals surface area contributed by atoms with Crippen molar-refractivity contribution < 1.29 is 14.3 Å². The summed E-state index contributed by atoms with van der Waals surface area (Å²) in [5.41, 5.74) is 0.876. The van der Waals surface area contributed by atoms with Crippen LogP contribution in [-0.2, 0) is 0 Å². The molecule has 0 aliphatic carbocycles. The van der Waals surface area contributed by atoms with Gasteiger partial charge in [0.25, 0.3) is 5.91 Å². The molecule has 0 fully saturated rings. The highest BCUT2D eigenvalue weighted by Crippen LogP contribution is 2.10. The highest BCUT2D eigenvalue weighted by molar-refractivity contribution is 5.94. The summed E-state index contributed by atoms with van der Waals surface area (Å²) >= 11 is 0. The fourth-order valence-corrected chi connectivity index (χ4v) is 1.38. The van der Waals surface area contributed by atoms with Crippen molar-refractivity contribution >= 4 is 5.91 Å². The number of nitrogens with one attached hydrogen (secondary N) is 1. The third-order valence-electron chi connectivity index (χ3n) is 2.92. The van der Waals surface area contributed by atoms with Crippen LogP contribution in [0.4, 0.5) is 4.39 Å². The van der Waals surface area contributed by atoms with Gasteiger partial charge in [-0.15, -0.1) is 0 Å². The van der Waals surface area contributed by atoms with Crippen LogP contribution < -0.4 is 5.32 Å². The largest absolute Gasteiger partial charge is 0.396 e. The highest BCUT2D eigenvalue weighted by Gasteiger charge is 2.15. The lowest BCUT2D eigenvalue weighted by atomic mass is 10.0. The van der Waals surface area contributed by atoms with Gasteiger partial charge >= 0.3 is 0 Å². The molecular formula is C13H18FNO2. The summed E-state index contributed by atoms with van der Waals surface area (Å²) in [6.45, 7) is 5.31. The third kappa shape index (κ3) is 3.53. The topological polar surface area (TPSA) is 49.3 Å². The van der Waals surface area contributed by atoms with Gasteiger partial charge < -0.3 is 10.4 Å². The third-order valence-corrected chi connectivity index (χ3v) is 2.92. The summed E-state index contributed by atoms with van der Waals surface area (Å²) in [7, 11) is 0. The summed E-state index contributed by atoms with van der Waals surface area (Å²) in [5, 5.41) is 11.7. The zero-order valence-electron chi connectivity index (χ0n) is 10.3. The number of carbonyl (C=O) groups is 1. The number of halogens is 1. The van der Waals surface area contributed by atoms with Crippen LogP contribution in [0.25, 0.3) is 0 Å². The molecule has 0 aliphatic rings. The van der Waals surface area contributed by atoms with E-state index in [1.54, 1.807) is 6.92 Å². The smallest absolute Gasteiger partial charge is 0.251 e. The molecule has 0 heterocycles. The zero-order chi connectivity index (χ0) is 13.0. The van der Waals surface area contributed by atoms with E-state index in [4.69, 9.17) is 5.11 Å². The Bertz CT molecular complexity index is 406. The van der Waals surface area contributed by atoms with Crippen LogP contribution in [0.2, 0.25) is 0 Å². The monoisotopic (exact) mass is 239 g/mol. The Morgan fingerprint density at radius 1 is 1.47 bits per heavy atom. The Labute approximate surface area is 101 Å². The Hall–Kier alpha value is -1.42. The first-order chi connectivity index (χ1) is 7.95. The summed E-state index contributed by atoms with van der Waals surface area (Å²) < 4.78 is 13.0. The van der Waals surface area contributed by atoms with E-state index in [1.807, 2.05) is 13.8 Å². The molecule has 2 unspecified atom stereocenters. The van der Waals surface area contributed by atoms with Gasteiger partial charge in [-0.2, -0.15) is 0 Å². The Morgan fingerprint density at radius 3 is 2.65 bits per heavy atom. The van der Waals surface area contributed by atoms with Crippen molar-refractivity contribution in [3.8, 4) is 0 Å². The maximum atomic E-state index is 13.0. The number of rotatable bonds is 4. The maximum absolute atomic E-state index is 13.0. The second kappa shape index (κ2) is 5.77. The standard InChI is InChI=1S/C13H18FNO2/c1-8-6-11(4-5-12(8)14)13(17)15-10(3)9(2)7-16/h4-6,9-10,16H,7H2,1-3H3,(H,15,17). The second-order valence-corrected chi connectivity index (χ2v) is 4.39. The van der Waals surface area contributed by atoms with Crippen molar-refractivity contribution in [2.24, 2.45) is 5.92 Å². The van der Waals surface area contributed by atoms with E-state index >= 15 is 0 Å². The molecule has 0 spiro atoms. The van der Waals surface area contributed by atoms with E-state index in [1.165, 1.54) is 18.2 Å². The number of aliphatic hydroxyl groups excluding tert-OH is 1.